The molecule has 10 nitrogen and oxygen atoms in total. The van der Waals surface area contributed by atoms with Crippen LogP contribution in [0.4, 0.5) is 0 Å². The standard InChI is InChI=1S/C36H42O10/c1-3-33(37)43-23-8-7-22-41-29-15-12-28(13-16-29)14-21-34(38)45-32-19-17-30(18-20-32)42-24-9-25-44-36(40)27(2)26-35(39)46-31-10-5-4-6-11-31/h3,12-21,31H,1-2,4-11,22-26H2/b21-14+. The molecular formula is C36H42O10. The van der Waals surface area contributed by atoms with E-state index in [4.69, 9.17) is 28.4 Å². The highest BCUT2D eigenvalue weighted by atomic mass is 16.6. The normalized spacial score (nSPS) is 13.0. The van der Waals surface area contributed by atoms with Crippen molar-refractivity contribution in [1.29, 1.82) is 0 Å². The monoisotopic (exact) mass is 634 g/mol. The van der Waals surface area contributed by atoms with Gasteiger partial charge in [0.25, 0.3) is 0 Å². The zero-order chi connectivity index (χ0) is 33.0. The van der Waals surface area contributed by atoms with Crippen LogP contribution in [0, 0.1) is 0 Å². The molecule has 246 valence electrons. The summed E-state index contributed by atoms with van der Waals surface area (Å²) in [6.45, 7) is 8.22. The van der Waals surface area contributed by atoms with Gasteiger partial charge in [-0.2, -0.15) is 0 Å². The molecule has 0 unspecified atom stereocenters. The summed E-state index contributed by atoms with van der Waals surface area (Å²) < 4.78 is 32.2. The Morgan fingerprint density at radius 1 is 0.717 bits per heavy atom. The molecule has 0 radical (unpaired) electrons. The van der Waals surface area contributed by atoms with Crippen molar-refractivity contribution >= 4 is 30.0 Å². The summed E-state index contributed by atoms with van der Waals surface area (Å²) in [5.74, 6) is -0.416. The molecule has 2 aromatic rings. The largest absolute Gasteiger partial charge is 0.494 e. The van der Waals surface area contributed by atoms with Gasteiger partial charge in [-0.25, -0.2) is 14.4 Å². The lowest BCUT2D eigenvalue weighted by Crippen LogP contribution is -2.22. The average molecular weight is 635 g/mol. The molecule has 1 saturated carbocycles. The second kappa shape index (κ2) is 20.2. The second-order valence-corrected chi connectivity index (χ2v) is 10.6. The smallest absolute Gasteiger partial charge is 0.336 e. The molecule has 46 heavy (non-hydrogen) atoms. The van der Waals surface area contributed by atoms with E-state index >= 15 is 0 Å². The Bertz CT molecular complexity index is 1320. The van der Waals surface area contributed by atoms with E-state index in [1.54, 1.807) is 42.5 Å². The highest BCUT2D eigenvalue weighted by Crippen LogP contribution is 2.22. The number of esters is 4. The molecular weight excluding hydrogens is 592 g/mol. The molecule has 0 heterocycles. The van der Waals surface area contributed by atoms with Crippen LogP contribution in [0.1, 0.15) is 63.4 Å². The number of carbonyl (C=O) groups is 4. The number of benzene rings is 2. The van der Waals surface area contributed by atoms with Gasteiger partial charge in [-0.05, 0) is 86.6 Å². The first-order valence-electron chi connectivity index (χ1n) is 15.5. The molecule has 0 atom stereocenters. The van der Waals surface area contributed by atoms with Crippen LogP contribution in [0.25, 0.3) is 6.08 Å². The molecule has 0 aliphatic heterocycles. The molecule has 0 aromatic heterocycles. The lowest BCUT2D eigenvalue weighted by Gasteiger charge is -2.21. The van der Waals surface area contributed by atoms with Crippen LogP contribution >= 0.6 is 0 Å². The number of hydrogen-bond acceptors (Lipinski definition) is 10. The van der Waals surface area contributed by atoms with Crippen LogP contribution in [0.5, 0.6) is 17.2 Å². The van der Waals surface area contributed by atoms with Gasteiger partial charge in [-0.3, -0.25) is 4.79 Å². The van der Waals surface area contributed by atoms with Gasteiger partial charge in [-0.1, -0.05) is 31.7 Å². The summed E-state index contributed by atoms with van der Waals surface area (Å²) in [7, 11) is 0. The zero-order valence-electron chi connectivity index (χ0n) is 26.1. The lowest BCUT2D eigenvalue weighted by atomic mass is 9.98. The van der Waals surface area contributed by atoms with Crippen LogP contribution in [0.3, 0.4) is 0 Å². The molecule has 10 heteroatoms. The van der Waals surface area contributed by atoms with Gasteiger partial charge in [0.1, 0.15) is 23.4 Å². The average Bonchev–Trinajstić information content (AvgIpc) is 3.06. The molecule has 3 rings (SSSR count). The summed E-state index contributed by atoms with van der Waals surface area (Å²) in [6, 6.07) is 13.8. The fraction of sp³-hybridized carbons (Fsp3) is 0.389. The molecule has 1 aliphatic carbocycles. The van der Waals surface area contributed by atoms with E-state index in [-0.39, 0.29) is 24.7 Å². The van der Waals surface area contributed by atoms with Crippen molar-refractivity contribution < 1.29 is 47.6 Å². The van der Waals surface area contributed by atoms with E-state index in [1.165, 1.54) is 6.08 Å². The maximum Gasteiger partial charge on any atom is 0.336 e. The van der Waals surface area contributed by atoms with Gasteiger partial charge in [0, 0.05) is 24.1 Å². The molecule has 0 bridgehead atoms. The van der Waals surface area contributed by atoms with Crippen molar-refractivity contribution in [3.8, 4) is 17.2 Å². The second-order valence-electron chi connectivity index (χ2n) is 10.6. The highest BCUT2D eigenvalue weighted by molar-refractivity contribution is 5.93. The Hall–Kier alpha value is -4.86. The fourth-order valence-corrected chi connectivity index (χ4v) is 4.39. The van der Waals surface area contributed by atoms with E-state index in [0.717, 1.165) is 50.2 Å². The van der Waals surface area contributed by atoms with Gasteiger partial charge < -0.3 is 28.4 Å². The maximum atomic E-state index is 12.2. The van der Waals surface area contributed by atoms with Gasteiger partial charge in [0.05, 0.1) is 32.8 Å². The first kappa shape index (κ1) is 35.6. The minimum absolute atomic E-state index is 0.0664. The molecule has 1 fully saturated rings. The summed E-state index contributed by atoms with van der Waals surface area (Å²) >= 11 is 0. The molecule has 0 spiro atoms. The van der Waals surface area contributed by atoms with Gasteiger partial charge >= 0.3 is 23.9 Å². The lowest BCUT2D eigenvalue weighted by molar-refractivity contribution is -0.151. The first-order chi connectivity index (χ1) is 22.3. The van der Waals surface area contributed by atoms with Crippen molar-refractivity contribution in [3.05, 3.63) is 85.0 Å². The van der Waals surface area contributed by atoms with Crippen LogP contribution < -0.4 is 14.2 Å². The zero-order valence-corrected chi connectivity index (χ0v) is 26.1. The van der Waals surface area contributed by atoms with Crippen LogP contribution in [0.2, 0.25) is 0 Å². The summed E-state index contributed by atoms with van der Waals surface area (Å²) in [4.78, 5) is 47.4. The third kappa shape index (κ3) is 14.3. The number of ether oxygens (including phenoxy) is 6. The van der Waals surface area contributed by atoms with E-state index in [0.29, 0.717) is 49.9 Å². The van der Waals surface area contributed by atoms with Crippen molar-refractivity contribution in [1.82, 2.24) is 0 Å². The number of carbonyl (C=O) groups excluding carboxylic acids is 4. The maximum absolute atomic E-state index is 12.2. The Morgan fingerprint density at radius 2 is 1.30 bits per heavy atom. The van der Waals surface area contributed by atoms with Crippen molar-refractivity contribution in [2.24, 2.45) is 0 Å². The molecule has 0 N–H and O–H groups in total. The molecule has 0 saturated heterocycles. The minimum atomic E-state index is -0.624. The summed E-state index contributed by atoms with van der Waals surface area (Å²) in [5, 5.41) is 0. The van der Waals surface area contributed by atoms with E-state index < -0.39 is 23.9 Å². The Balaban J connectivity index is 1.26. The van der Waals surface area contributed by atoms with Crippen molar-refractivity contribution in [2.45, 2.75) is 63.9 Å². The van der Waals surface area contributed by atoms with Gasteiger partial charge in [0.15, 0.2) is 0 Å². The first-order valence-corrected chi connectivity index (χ1v) is 15.5. The SMILES string of the molecule is C=CC(=O)OCCCCOc1ccc(/C=C/C(=O)Oc2ccc(OCCCOC(=O)C(=C)CC(=O)OC3CCCCC3)cc2)cc1. The van der Waals surface area contributed by atoms with Crippen LogP contribution in [-0.2, 0) is 33.4 Å². The van der Waals surface area contributed by atoms with E-state index in [9.17, 15) is 19.2 Å². The Labute approximate surface area is 269 Å². The Kier molecular flexibility index (Phi) is 15.7. The number of unbranched alkanes of at least 4 members (excludes halogenated alkanes) is 1. The molecule has 1 aliphatic rings. The third-order valence-electron chi connectivity index (χ3n) is 6.84. The van der Waals surface area contributed by atoms with Gasteiger partial charge in [0.2, 0.25) is 0 Å². The minimum Gasteiger partial charge on any atom is -0.494 e. The van der Waals surface area contributed by atoms with Crippen molar-refractivity contribution in [2.75, 3.05) is 26.4 Å². The topological polar surface area (TPSA) is 124 Å². The van der Waals surface area contributed by atoms with E-state index in [1.807, 2.05) is 12.1 Å². The predicted molar refractivity (Wildman–Crippen MR) is 171 cm³/mol. The third-order valence-corrected chi connectivity index (χ3v) is 6.84. The van der Waals surface area contributed by atoms with Crippen LogP contribution in [0.15, 0.2) is 79.4 Å². The number of rotatable bonds is 19. The fourth-order valence-electron chi connectivity index (χ4n) is 4.39. The van der Waals surface area contributed by atoms with E-state index in [2.05, 4.69) is 13.2 Å². The summed E-state index contributed by atoms with van der Waals surface area (Å²) in [5.41, 5.74) is 0.871. The number of hydrogen-bond donors (Lipinski definition) is 0. The van der Waals surface area contributed by atoms with Crippen molar-refractivity contribution in [3.63, 3.8) is 0 Å². The molecule has 2 aromatic carbocycles. The quantitative estimate of drug-likeness (QED) is 0.0570. The Morgan fingerprint density at radius 3 is 1.98 bits per heavy atom. The van der Waals surface area contributed by atoms with Gasteiger partial charge in [-0.15, -0.1) is 0 Å². The predicted octanol–water partition coefficient (Wildman–Crippen LogP) is 6.33. The summed E-state index contributed by atoms with van der Waals surface area (Å²) in [6.07, 6.45) is 10.7. The highest BCUT2D eigenvalue weighted by Gasteiger charge is 2.20. The molecule has 0 amide bonds. The van der Waals surface area contributed by atoms with Crippen LogP contribution in [-0.4, -0.2) is 56.4 Å².